The fourth-order valence-corrected chi connectivity index (χ4v) is 1.37. The van der Waals surface area contributed by atoms with E-state index in [1.54, 1.807) is 12.1 Å². The molecule has 0 saturated carbocycles. The number of nitrogens with zero attached hydrogens (tertiary/aromatic N) is 3. The van der Waals surface area contributed by atoms with Crippen LogP contribution in [0.5, 0.6) is 0 Å². The lowest BCUT2D eigenvalue weighted by Gasteiger charge is -1.94. The maximum atomic E-state index is 10.5. The van der Waals surface area contributed by atoms with Crippen molar-refractivity contribution in [1.29, 1.82) is 0 Å². The Kier molecular flexibility index (Phi) is 7.00. The molecule has 23 heavy (non-hydrogen) atoms. The van der Waals surface area contributed by atoms with E-state index in [2.05, 4.69) is 16.8 Å². The molecule has 0 aromatic heterocycles. The van der Waals surface area contributed by atoms with Gasteiger partial charge in [-0.15, -0.1) is 0 Å². The molecule has 2 rings (SSSR count). The fraction of sp³-hybridized carbons (Fsp3) is 0.118. The number of non-ortho nitro benzene ring substituents is 1. The number of hydrogen-bond donors (Lipinski definition) is 0. The second-order valence-corrected chi connectivity index (χ2v) is 4.62. The molecule has 0 fully saturated rings. The Bertz CT molecular complexity index is 705. The second kappa shape index (κ2) is 8.99. The van der Waals surface area contributed by atoms with Gasteiger partial charge in [-0.1, -0.05) is 24.3 Å². The molecule has 0 atom stereocenters. The van der Waals surface area contributed by atoms with E-state index < -0.39 is 4.92 Å². The van der Waals surface area contributed by atoms with Crippen LogP contribution in [0.1, 0.15) is 12.5 Å². The Labute approximate surface area is 134 Å². The molecule has 0 aliphatic carbocycles. The van der Waals surface area contributed by atoms with Crippen LogP contribution >= 0.6 is 0 Å². The van der Waals surface area contributed by atoms with Gasteiger partial charge in [-0.3, -0.25) is 14.9 Å². The second-order valence-electron chi connectivity index (χ2n) is 4.62. The van der Waals surface area contributed by atoms with Gasteiger partial charge in [0.1, 0.15) is 0 Å². The Morgan fingerprint density at radius 3 is 1.78 bits per heavy atom. The summed E-state index contributed by atoms with van der Waals surface area (Å²) in [4.78, 5) is 19.7. The number of hydrogen-bond acceptors (Lipinski definition) is 5. The minimum absolute atomic E-state index is 0.0185. The third kappa shape index (κ3) is 6.90. The maximum Gasteiger partial charge on any atom is 0.269 e. The third-order valence-electron chi connectivity index (χ3n) is 2.66. The number of ketones is 1. The van der Waals surface area contributed by atoms with Crippen molar-refractivity contribution in [2.75, 3.05) is 0 Å². The van der Waals surface area contributed by atoms with Crippen molar-refractivity contribution in [3.05, 3.63) is 76.9 Å². The van der Waals surface area contributed by atoms with E-state index in [1.165, 1.54) is 25.1 Å². The lowest BCUT2D eigenvalue weighted by atomic mass is 10.2. The number of rotatable bonds is 4. The van der Waals surface area contributed by atoms with Crippen LogP contribution in [0.25, 0.3) is 0 Å². The summed E-state index contributed by atoms with van der Waals surface area (Å²) in [6.07, 6.45) is 1.28. The van der Waals surface area contributed by atoms with Crippen LogP contribution in [0.15, 0.2) is 71.4 Å². The summed E-state index contributed by atoms with van der Waals surface area (Å²) in [7, 11) is 0. The molecule has 0 aliphatic heterocycles. The van der Waals surface area contributed by atoms with Gasteiger partial charge in [0.2, 0.25) is 0 Å². The van der Waals surface area contributed by atoms with Crippen molar-refractivity contribution < 1.29 is 9.72 Å². The van der Waals surface area contributed by atoms with Crippen LogP contribution in [0.3, 0.4) is 0 Å². The first-order valence-electron chi connectivity index (χ1n) is 6.78. The van der Waals surface area contributed by atoms with Crippen molar-refractivity contribution in [2.24, 2.45) is 10.2 Å². The van der Waals surface area contributed by atoms with Crippen molar-refractivity contribution in [3.8, 4) is 0 Å². The number of carbonyl (C=O) groups is 1. The molecule has 0 unspecified atom stereocenters. The summed E-state index contributed by atoms with van der Waals surface area (Å²) in [5, 5.41) is 18.5. The van der Waals surface area contributed by atoms with Crippen molar-refractivity contribution in [3.63, 3.8) is 0 Å². The highest BCUT2D eigenvalue weighted by Gasteiger charge is 2.02. The zero-order valence-corrected chi connectivity index (χ0v) is 13.0. The molecule has 6 heteroatoms. The lowest BCUT2D eigenvalue weighted by molar-refractivity contribution is -0.384. The Hall–Kier alpha value is -3.15. The van der Waals surface area contributed by atoms with Gasteiger partial charge in [0.05, 0.1) is 16.3 Å². The summed E-state index contributed by atoms with van der Waals surface area (Å²) >= 11 is 0. The number of benzene rings is 2. The minimum Gasteiger partial charge on any atom is -0.295 e. The molecular weight excluding hydrogens is 294 g/mol. The molecule has 0 saturated heterocycles. The van der Waals surface area contributed by atoms with Gasteiger partial charge in [-0.2, -0.15) is 10.2 Å². The predicted molar refractivity (Wildman–Crippen MR) is 89.3 cm³/mol. The zero-order valence-electron chi connectivity index (χ0n) is 13.0. The van der Waals surface area contributed by atoms with Gasteiger partial charge in [0, 0.05) is 12.1 Å². The molecule has 118 valence electrons. The first-order valence-corrected chi connectivity index (χ1v) is 6.78. The number of allylic oxidation sites excluding steroid dienone is 1. The number of azo groups is 1. The Balaban J connectivity index is 0.000000463. The summed E-state index contributed by atoms with van der Waals surface area (Å²) < 4.78 is 0. The van der Waals surface area contributed by atoms with Gasteiger partial charge in [0.25, 0.3) is 5.69 Å². The van der Waals surface area contributed by atoms with Crippen molar-refractivity contribution in [2.45, 2.75) is 13.8 Å². The highest BCUT2D eigenvalue weighted by molar-refractivity contribution is 5.86. The van der Waals surface area contributed by atoms with Crippen LogP contribution in [0, 0.1) is 17.0 Å². The van der Waals surface area contributed by atoms with E-state index in [-0.39, 0.29) is 11.5 Å². The van der Waals surface area contributed by atoms with Gasteiger partial charge in [0.15, 0.2) is 5.78 Å². The van der Waals surface area contributed by atoms with E-state index in [1.807, 2.05) is 31.2 Å². The van der Waals surface area contributed by atoms with Gasteiger partial charge < -0.3 is 0 Å². The first-order chi connectivity index (χ1) is 10.9. The van der Waals surface area contributed by atoms with E-state index in [0.29, 0.717) is 5.69 Å². The molecule has 6 nitrogen and oxygen atoms in total. The Morgan fingerprint density at radius 1 is 1.04 bits per heavy atom. The zero-order chi connectivity index (χ0) is 17.2. The quantitative estimate of drug-likeness (QED) is 0.341. The SMILES string of the molecule is C=CC(C)=O.Cc1ccc(N=Nc2ccc([N+](=O)[O-])cc2)cc1. The molecular formula is C17H17N3O3. The normalized spacial score (nSPS) is 9.83. The summed E-state index contributed by atoms with van der Waals surface area (Å²) in [6, 6.07) is 13.6. The monoisotopic (exact) mass is 311 g/mol. The molecule has 0 bridgehead atoms. The first kappa shape index (κ1) is 17.9. The molecule has 0 N–H and O–H groups in total. The van der Waals surface area contributed by atoms with Crippen LogP contribution in [0.2, 0.25) is 0 Å². The number of carbonyl (C=O) groups excluding carboxylic acids is 1. The number of nitro benzene ring substituents is 1. The lowest BCUT2D eigenvalue weighted by Crippen LogP contribution is -1.85. The third-order valence-corrected chi connectivity index (χ3v) is 2.66. The van der Waals surface area contributed by atoms with E-state index in [9.17, 15) is 14.9 Å². The molecule has 0 spiro atoms. The topological polar surface area (TPSA) is 84.9 Å². The largest absolute Gasteiger partial charge is 0.295 e. The molecule has 2 aromatic carbocycles. The molecule has 0 radical (unpaired) electrons. The number of aryl methyl sites for hydroxylation is 1. The predicted octanol–water partition coefficient (Wildman–Crippen LogP) is 5.08. The number of nitro groups is 1. The summed E-state index contributed by atoms with van der Waals surface area (Å²) in [6.45, 7) is 6.67. The highest BCUT2D eigenvalue weighted by atomic mass is 16.6. The smallest absolute Gasteiger partial charge is 0.269 e. The van der Waals surface area contributed by atoms with Crippen LogP contribution in [-0.4, -0.2) is 10.7 Å². The average Bonchev–Trinajstić information content (AvgIpc) is 2.55. The highest BCUT2D eigenvalue weighted by Crippen LogP contribution is 2.21. The van der Waals surface area contributed by atoms with Crippen LogP contribution in [0.4, 0.5) is 17.1 Å². The maximum absolute atomic E-state index is 10.5. The minimum atomic E-state index is -0.444. The standard InChI is InChI=1S/C13H11N3O2.C4H6O/c1-10-2-4-11(5-3-10)14-15-12-6-8-13(9-7-12)16(17)18;1-3-4(2)5/h2-9H,1H3;3H,1H2,2H3. The van der Waals surface area contributed by atoms with E-state index in [4.69, 9.17) is 0 Å². The summed E-state index contributed by atoms with van der Waals surface area (Å²) in [5.41, 5.74) is 2.54. The summed E-state index contributed by atoms with van der Waals surface area (Å²) in [5.74, 6) is 0.0185. The average molecular weight is 311 g/mol. The van der Waals surface area contributed by atoms with Crippen molar-refractivity contribution >= 4 is 22.8 Å². The van der Waals surface area contributed by atoms with Gasteiger partial charge >= 0.3 is 0 Å². The Morgan fingerprint density at radius 2 is 1.43 bits per heavy atom. The molecule has 0 heterocycles. The van der Waals surface area contributed by atoms with E-state index in [0.717, 1.165) is 11.3 Å². The van der Waals surface area contributed by atoms with Crippen molar-refractivity contribution in [1.82, 2.24) is 0 Å². The van der Waals surface area contributed by atoms with Gasteiger partial charge in [-0.25, -0.2) is 0 Å². The molecule has 2 aromatic rings. The van der Waals surface area contributed by atoms with Crippen LogP contribution < -0.4 is 0 Å². The molecule has 0 amide bonds. The van der Waals surface area contributed by atoms with Gasteiger partial charge in [-0.05, 0) is 44.2 Å². The molecule has 0 aliphatic rings. The fourth-order valence-electron chi connectivity index (χ4n) is 1.37. The van der Waals surface area contributed by atoms with E-state index >= 15 is 0 Å². The van der Waals surface area contributed by atoms with Crippen LogP contribution in [-0.2, 0) is 4.79 Å².